The second-order valence-electron chi connectivity index (χ2n) is 2.12. The maximum atomic E-state index is 4.50. The summed E-state index contributed by atoms with van der Waals surface area (Å²) < 4.78 is 0. The molecule has 1 aliphatic carbocycles. The Kier molecular flexibility index (Phi) is 45.7. The van der Waals surface area contributed by atoms with Crippen LogP contribution in [0.3, 0.4) is 0 Å². The number of hydrogen-bond acceptors (Lipinski definition) is 3. The minimum Gasteiger partial charge on any atom is -0.333 e. The average Bonchev–Trinajstić information content (AvgIpc) is 2.29. The lowest BCUT2D eigenvalue weighted by Crippen LogP contribution is -1.85. The topological polar surface area (TPSA) is 78.1 Å². The van der Waals surface area contributed by atoms with Crippen molar-refractivity contribution in [3.05, 3.63) is 0 Å². The zero-order valence-electron chi connectivity index (χ0n) is 8.97. The summed E-state index contributed by atoms with van der Waals surface area (Å²) in [6, 6.07) is 0. The lowest BCUT2D eigenvalue weighted by Gasteiger charge is -2.05. The SMILES string of the molecule is C1CCCCC1.CN.CN.CN. The van der Waals surface area contributed by atoms with E-state index in [1.807, 2.05) is 0 Å². The maximum Gasteiger partial charge on any atom is -0.0195 e. The predicted octanol–water partition coefficient (Wildman–Crippen LogP) is 1.07. The zero-order valence-corrected chi connectivity index (χ0v) is 8.97. The summed E-state index contributed by atoms with van der Waals surface area (Å²) in [7, 11) is 4.50. The van der Waals surface area contributed by atoms with Gasteiger partial charge < -0.3 is 17.2 Å². The van der Waals surface area contributed by atoms with Crippen LogP contribution >= 0.6 is 0 Å². The summed E-state index contributed by atoms with van der Waals surface area (Å²) in [5, 5.41) is 0. The normalized spacial score (nSPS) is 13.5. The van der Waals surface area contributed by atoms with Crippen molar-refractivity contribution >= 4 is 0 Å². The molecule has 0 aromatic rings. The summed E-state index contributed by atoms with van der Waals surface area (Å²) >= 11 is 0. The van der Waals surface area contributed by atoms with Crippen molar-refractivity contribution in [2.24, 2.45) is 17.2 Å². The summed E-state index contributed by atoms with van der Waals surface area (Å²) in [6.07, 6.45) is 9.00. The van der Waals surface area contributed by atoms with E-state index in [1.165, 1.54) is 59.7 Å². The lowest BCUT2D eigenvalue weighted by molar-refractivity contribution is 0.504. The van der Waals surface area contributed by atoms with Gasteiger partial charge >= 0.3 is 0 Å². The van der Waals surface area contributed by atoms with Gasteiger partial charge in [0.25, 0.3) is 0 Å². The largest absolute Gasteiger partial charge is 0.333 e. The fourth-order valence-corrected chi connectivity index (χ4v) is 1.06. The van der Waals surface area contributed by atoms with Gasteiger partial charge in [0.2, 0.25) is 0 Å². The van der Waals surface area contributed by atoms with Gasteiger partial charge in [0.1, 0.15) is 0 Å². The van der Waals surface area contributed by atoms with Gasteiger partial charge in [-0.15, -0.1) is 0 Å². The monoisotopic (exact) mass is 177 g/mol. The number of rotatable bonds is 0. The molecule has 0 unspecified atom stereocenters. The van der Waals surface area contributed by atoms with Gasteiger partial charge in [-0.3, -0.25) is 0 Å². The number of nitrogens with two attached hydrogens (primary N) is 3. The Hall–Kier alpha value is -0.120. The van der Waals surface area contributed by atoms with Crippen LogP contribution in [0, 0.1) is 0 Å². The second-order valence-corrected chi connectivity index (χ2v) is 2.12. The van der Waals surface area contributed by atoms with E-state index in [-0.39, 0.29) is 0 Å². The van der Waals surface area contributed by atoms with E-state index in [9.17, 15) is 0 Å². The summed E-state index contributed by atoms with van der Waals surface area (Å²) in [5.41, 5.74) is 13.5. The van der Waals surface area contributed by atoms with Crippen LogP contribution in [0.25, 0.3) is 0 Å². The highest BCUT2D eigenvalue weighted by molar-refractivity contribution is 4.51. The first-order valence-electron chi connectivity index (χ1n) is 4.73. The molecule has 0 radical (unpaired) electrons. The maximum absolute atomic E-state index is 4.50. The van der Waals surface area contributed by atoms with Crippen molar-refractivity contribution in [1.29, 1.82) is 0 Å². The molecule has 3 nitrogen and oxygen atoms in total. The molecule has 0 spiro atoms. The first kappa shape index (κ1) is 17.8. The van der Waals surface area contributed by atoms with Gasteiger partial charge in [0, 0.05) is 0 Å². The van der Waals surface area contributed by atoms with Crippen LogP contribution in [0.5, 0.6) is 0 Å². The van der Waals surface area contributed by atoms with Crippen LogP contribution in [-0.2, 0) is 0 Å². The van der Waals surface area contributed by atoms with E-state index in [0.29, 0.717) is 0 Å². The van der Waals surface area contributed by atoms with Gasteiger partial charge in [-0.25, -0.2) is 0 Å². The summed E-state index contributed by atoms with van der Waals surface area (Å²) in [5.74, 6) is 0. The van der Waals surface area contributed by atoms with Gasteiger partial charge in [-0.2, -0.15) is 0 Å². The molecule has 0 amide bonds. The molecule has 1 rings (SSSR count). The smallest absolute Gasteiger partial charge is 0.0195 e. The molecule has 0 atom stereocenters. The Morgan fingerprint density at radius 1 is 0.417 bits per heavy atom. The van der Waals surface area contributed by atoms with Crippen molar-refractivity contribution < 1.29 is 0 Å². The number of hydrogen-bond donors (Lipinski definition) is 3. The third-order valence-electron chi connectivity index (χ3n) is 1.50. The summed E-state index contributed by atoms with van der Waals surface area (Å²) in [6.45, 7) is 0. The molecule has 0 heterocycles. The van der Waals surface area contributed by atoms with Crippen molar-refractivity contribution in [3.8, 4) is 0 Å². The summed E-state index contributed by atoms with van der Waals surface area (Å²) in [4.78, 5) is 0. The average molecular weight is 177 g/mol. The van der Waals surface area contributed by atoms with E-state index < -0.39 is 0 Å². The van der Waals surface area contributed by atoms with E-state index in [4.69, 9.17) is 0 Å². The van der Waals surface area contributed by atoms with Crippen LogP contribution in [-0.4, -0.2) is 21.1 Å². The van der Waals surface area contributed by atoms with Gasteiger partial charge in [-0.05, 0) is 21.1 Å². The van der Waals surface area contributed by atoms with Crippen molar-refractivity contribution in [2.75, 3.05) is 21.1 Å². The molecule has 0 bridgehead atoms. The Morgan fingerprint density at radius 3 is 0.583 bits per heavy atom. The quantitative estimate of drug-likeness (QED) is 0.518. The van der Waals surface area contributed by atoms with E-state index in [2.05, 4.69) is 17.2 Å². The van der Waals surface area contributed by atoms with E-state index in [0.717, 1.165) is 0 Å². The fourth-order valence-electron chi connectivity index (χ4n) is 1.06. The third kappa shape index (κ3) is 22.5. The molecule has 0 aromatic heterocycles. The third-order valence-corrected chi connectivity index (χ3v) is 1.50. The van der Waals surface area contributed by atoms with Crippen LogP contribution in [0.1, 0.15) is 38.5 Å². The minimum absolute atomic E-state index is 1.50. The Labute approximate surface area is 77.7 Å². The van der Waals surface area contributed by atoms with Crippen molar-refractivity contribution in [1.82, 2.24) is 0 Å². The van der Waals surface area contributed by atoms with Crippen molar-refractivity contribution in [2.45, 2.75) is 38.5 Å². The Bertz CT molecular complexity index is 25.2. The van der Waals surface area contributed by atoms with E-state index >= 15 is 0 Å². The fraction of sp³-hybridized carbons (Fsp3) is 1.00. The molecule has 0 saturated heterocycles. The Morgan fingerprint density at radius 2 is 0.500 bits per heavy atom. The van der Waals surface area contributed by atoms with Crippen LogP contribution < -0.4 is 17.2 Å². The molecule has 12 heavy (non-hydrogen) atoms. The highest BCUT2D eigenvalue weighted by Gasteiger charge is 1.95. The molecule has 0 aliphatic heterocycles. The predicted molar refractivity (Wildman–Crippen MR) is 58.0 cm³/mol. The lowest BCUT2D eigenvalue weighted by atomic mass is 10.0. The molecule has 3 heteroatoms. The molecule has 1 aliphatic rings. The standard InChI is InChI=1S/C6H12.3CH5N/c1-2-4-6-5-3-1;3*1-2/h1-6H2;3*2H2,1H3. The minimum atomic E-state index is 1.50. The zero-order chi connectivity index (χ0) is 10.2. The van der Waals surface area contributed by atoms with Gasteiger partial charge in [0.15, 0.2) is 0 Å². The molecule has 1 fully saturated rings. The van der Waals surface area contributed by atoms with Gasteiger partial charge in [-0.1, -0.05) is 38.5 Å². The molecular formula is C9H27N3. The molecule has 78 valence electrons. The highest BCUT2D eigenvalue weighted by Crippen LogP contribution is 2.15. The van der Waals surface area contributed by atoms with Crippen LogP contribution in [0.15, 0.2) is 0 Å². The molecule has 6 N–H and O–H groups in total. The van der Waals surface area contributed by atoms with E-state index in [1.54, 1.807) is 0 Å². The second kappa shape index (κ2) is 30.7. The highest BCUT2D eigenvalue weighted by atomic mass is 14.4. The first-order chi connectivity index (χ1) is 6.00. The van der Waals surface area contributed by atoms with Crippen LogP contribution in [0.4, 0.5) is 0 Å². The molecular weight excluding hydrogens is 150 g/mol. The first-order valence-corrected chi connectivity index (χ1v) is 4.73. The molecule has 1 saturated carbocycles. The molecule has 0 aromatic carbocycles. The Balaban J connectivity index is -0.000000117. The van der Waals surface area contributed by atoms with Gasteiger partial charge in [0.05, 0.1) is 0 Å². The van der Waals surface area contributed by atoms with Crippen LogP contribution in [0.2, 0.25) is 0 Å². The van der Waals surface area contributed by atoms with Crippen molar-refractivity contribution in [3.63, 3.8) is 0 Å².